The first-order valence-electron chi connectivity index (χ1n) is 6.22. The van der Waals surface area contributed by atoms with Gasteiger partial charge < -0.3 is 10.1 Å². The summed E-state index contributed by atoms with van der Waals surface area (Å²) < 4.78 is 6.80. The Bertz CT molecular complexity index is 464. The fraction of sp³-hybridized carbons (Fsp3) is 0.538. The number of hydrogen-bond donors (Lipinski definition) is 1. The molecule has 0 atom stereocenters. The molecule has 0 bridgehead atoms. The van der Waals surface area contributed by atoms with Crippen LogP contribution in [0.2, 0.25) is 0 Å². The Kier molecular flexibility index (Phi) is 6.42. The lowest BCUT2D eigenvalue weighted by Gasteiger charge is -2.20. The molecular formula is C13H18Br2N2O3. The summed E-state index contributed by atoms with van der Waals surface area (Å²) in [7, 11) is 0. The quantitative estimate of drug-likeness (QED) is 0.432. The monoisotopic (exact) mass is 408 g/mol. The minimum atomic E-state index is -0.438. The van der Waals surface area contributed by atoms with Gasteiger partial charge in [0.05, 0.1) is 20.5 Å². The van der Waals surface area contributed by atoms with Crippen molar-refractivity contribution in [2.24, 2.45) is 0 Å². The molecule has 0 saturated carbocycles. The number of nitro groups is 1. The van der Waals surface area contributed by atoms with Crippen LogP contribution in [0, 0.1) is 10.1 Å². The van der Waals surface area contributed by atoms with Gasteiger partial charge in [0.2, 0.25) is 0 Å². The van der Waals surface area contributed by atoms with Gasteiger partial charge in [-0.15, -0.1) is 0 Å². The maximum atomic E-state index is 10.7. The smallest absolute Gasteiger partial charge is 0.271 e. The van der Waals surface area contributed by atoms with Crippen molar-refractivity contribution in [3.05, 3.63) is 31.2 Å². The second kappa shape index (κ2) is 7.38. The Hall–Kier alpha value is -0.660. The number of nitrogens with zero attached hydrogens (tertiary/aromatic N) is 1. The molecule has 0 aromatic heterocycles. The van der Waals surface area contributed by atoms with Crippen LogP contribution in [0.4, 0.5) is 5.69 Å². The number of hydrogen-bond acceptors (Lipinski definition) is 4. The Morgan fingerprint density at radius 1 is 1.30 bits per heavy atom. The number of non-ortho nitro benzene ring substituents is 1. The van der Waals surface area contributed by atoms with Crippen LogP contribution in [0.1, 0.15) is 27.2 Å². The van der Waals surface area contributed by atoms with Crippen molar-refractivity contribution >= 4 is 37.5 Å². The van der Waals surface area contributed by atoms with Crippen LogP contribution >= 0.6 is 31.9 Å². The van der Waals surface area contributed by atoms with Gasteiger partial charge in [-0.05, 0) is 65.6 Å². The molecule has 0 unspecified atom stereocenters. The first-order chi connectivity index (χ1) is 9.20. The lowest BCUT2D eigenvalue weighted by molar-refractivity contribution is -0.385. The predicted octanol–water partition coefficient (Wildman–Crippen LogP) is 4.28. The number of nitro benzene ring substituents is 1. The van der Waals surface area contributed by atoms with Crippen molar-refractivity contribution in [2.75, 3.05) is 13.2 Å². The minimum Gasteiger partial charge on any atom is -0.491 e. The Balaban J connectivity index is 2.55. The van der Waals surface area contributed by atoms with E-state index in [9.17, 15) is 10.1 Å². The lowest BCUT2D eigenvalue weighted by Crippen LogP contribution is -2.36. The Labute approximate surface area is 135 Å². The average molecular weight is 410 g/mol. The normalized spacial score (nSPS) is 11.4. The van der Waals surface area contributed by atoms with Gasteiger partial charge in [-0.3, -0.25) is 10.1 Å². The summed E-state index contributed by atoms with van der Waals surface area (Å²) >= 11 is 6.58. The standard InChI is InChI=1S/C13H18Br2N2O3/c1-13(2,3)16-5-4-6-20-12-10(14)7-9(17(18)19)8-11(12)15/h7-8,16H,4-6H2,1-3H3. The maximum Gasteiger partial charge on any atom is 0.271 e. The van der Waals surface area contributed by atoms with E-state index in [4.69, 9.17) is 4.74 Å². The largest absolute Gasteiger partial charge is 0.491 e. The fourth-order valence-electron chi connectivity index (χ4n) is 1.50. The van der Waals surface area contributed by atoms with E-state index in [0.717, 1.165) is 13.0 Å². The zero-order chi connectivity index (χ0) is 15.3. The van der Waals surface area contributed by atoms with Gasteiger partial charge in [-0.1, -0.05) is 0 Å². The van der Waals surface area contributed by atoms with Crippen molar-refractivity contribution in [3.8, 4) is 5.75 Å². The maximum absolute atomic E-state index is 10.7. The zero-order valence-electron chi connectivity index (χ0n) is 11.7. The summed E-state index contributed by atoms with van der Waals surface area (Å²) in [4.78, 5) is 10.3. The first kappa shape index (κ1) is 17.4. The molecule has 1 aromatic carbocycles. The van der Waals surface area contributed by atoms with Crippen molar-refractivity contribution in [2.45, 2.75) is 32.7 Å². The molecule has 0 amide bonds. The van der Waals surface area contributed by atoms with Crippen LogP contribution < -0.4 is 10.1 Å². The van der Waals surface area contributed by atoms with Crippen LogP contribution in [0.15, 0.2) is 21.1 Å². The van der Waals surface area contributed by atoms with Crippen LogP contribution in [-0.4, -0.2) is 23.6 Å². The molecule has 0 spiro atoms. The lowest BCUT2D eigenvalue weighted by atomic mass is 10.1. The molecular weight excluding hydrogens is 392 g/mol. The van der Waals surface area contributed by atoms with Gasteiger partial charge >= 0.3 is 0 Å². The van der Waals surface area contributed by atoms with Crippen molar-refractivity contribution in [1.29, 1.82) is 0 Å². The van der Waals surface area contributed by atoms with E-state index in [0.29, 0.717) is 21.3 Å². The van der Waals surface area contributed by atoms with E-state index in [2.05, 4.69) is 57.9 Å². The highest BCUT2D eigenvalue weighted by Crippen LogP contribution is 2.37. The van der Waals surface area contributed by atoms with Gasteiger partial charge in [0, 0.05) is 17.7 Å². The number of ether oxygens (including phenoxy) is 1. The number of rotatable bonds is 6. The summed E-state index contributed by atoms with van der Waals surface area (Å²) in [6.07, 6.45) is 0.854. The number of halogens is 2. The van der Waals surface area contributed by atoms with Gasteiger partial charge in [0.15, 0.2) is 0 Å². The molecule has 1 aromatic rings. The molecule has 0 radical (unpaired) electrons. The van der Waals surface area contributed by atoms with Crippen LogP contribution in [0.3, 0.4) is 0 Å². The third-order valence-corrected chi connectivity index (χ3v) is 3.59. The Morgan fingerprint density at radius 2 is 1.85 bits per heavy atom. The van der Waals surface area contributed by atoms with Crippen LogP contribution in [0.5, 0.6) is 5.75 Å². The van der Waals surface area contributed by atoms with Gasteiger partial charge in [0.1, 0.15) is 5.75 Å². The molecule has 0 heterocycles. The molecule has 0 aliphatic carbocycles. The molecule has 20 heavy (non-hydrogen) atoms. The summed E-state index contributed by atoms with van der Waals surface area (Å²) in [5, 5.41) is 14.1. The highest BCUT2D eigenvalue weighted by molar-refractivity contribution is 9.11. The number of nitrogens with one attached hydrogen (secondary N) is 1. The van der Waals surface area contributed by atoms with Gasteiger partial charge in [-0.2, -0.15) is 0 Å². The first-order valence-corrected chi connectivity index (χ1v) is 7.80. The van der Waals surface area contributed by atoms with E-state index in [1.165, 1.54) is 12.1 Å². The second-order valence-electron chi connectivity index (χ2n) is 5.37. The molecule has 0 saturated heterocycles. The SMILES string of the molecule is CC(C)(C)NCCCOc1c(Br)cc([N+](=O)[O-])cc1Br. The van der Waals surface area contributed by atoms with Gasteiger partial charge in [-0.25, -0.2) is 0 Å². The third kappa shape index (κ3) is 5.76. The van der Waals surface area contributed by atoms with E-state index >= 15 is 0 Å². The second-order valence-corrected chi connectivity index (χ2v) is 7.08. The Morgan fingerprint density at radius 3 is 2.30 bits per heavy atom. The highest BCUT2D eigenvalue weighted by Gasteiger charge is 2.15. The van der Waals surface area contributed by atoms with E-state index in [1.54, 1.807) is 0 Å². The molecule has 1 rings (SSSR count). The molecule has 112 valence electrons. The molecule has 0 aliphatic heterocycles. The van der Waals surface area contributed by atoms with E-state index in [-0.39, 0.29) is 11.2 Å². The molecule has 1 N–H and O–H groups in total. The predicted molar refractivity (Wildman–Crippen MR) is 86.4 cm³/mol. The van der Waals surface area contributed by atoms with Crippen molar-refractivity contribution in [3.63, 3.8) is 0 Å². The van der Waals surface area contributed by atoms with Gasteiger partial charge in [0.25, 0.3) is 5.69 Å². The van der Waals surface area contributed by atoms with Crippen molar-refractivity contribution < 1.29 is 9.66 Å². The summed E-state index contributed by atoms with van der Waals surface area (Å²) in [5.41, 5.74) is 0.111. The molecule has 0 aliphatic rings. The van der Waals surface area contributed by atoms with E-state index < -0.39 is 4.92 Å². The summed E-state index contributed by atoms with van der Waals surface area (Å²) in [5.74, 6) is 0.589. The van der Waals surface area contributed by atoms with Crippen LogP contribution in [0.25, 0.3) is 0 Å². The molecule has 0 fully saturated rings. The molecule has 5 nitrogen and oxygen atoms in total. The number of benzene rings is 1. The average Bonchev–Trinajstić information content (AvgIpc) is 2.29. The fourth-order valence-corrected chi connectivity index (χ4v) is 2.89. The van der Waals surface area contributed by atoms with Crippen molar-refractivity contribution in [1.82, 2.24) is 5.32 Å². The topological polar surface area (TPSA) is 64.4 Å². The minimum absolute atomic E-state index is 0.0190. The summed E-state index contributed by atoms with van der Waals surface area (Å²) in [6.45, 7) is 7.72. The van der Waals surface area contributed by atoms with E-state index in [1.807, 2.05) is 0 Å². The summed E-state index contributed by atoms with van der Waals surface area (Å²) in [6, 6.07) is 2.88. The van der Waals surface area contributed by atoms with Crippen LogP contribution in [-0.2, 0) is 0 Å². The zero-order valence-corrected chi connectivity index (χ0v) is 14.9. The third-order valence-electron chi connectivity index (χ3n) is 2.42. The highest BCUT2D eigenvalue weighted by atomic mass is 79.9. The molecule has 7 heteroatoms.